The van der Waals surface area contributed by atoms with Crippen LogP contribution in [0.2, 0.25) is 10.0 Å². The summed E-state index contributed by atoms with van der Waals surface area (Å²) in [6, 6.07) is 5.56. The molecule has 0 spiro atoms. The lowest BCUT2D eigenvalue weighted by atomic mass is 10.1. The van der Waals surface area contributed by atoms with Crippen LogP contribution in [0, 0.1) is 0 Å². The van der Waals surface area contributed by atoms with E-state index in [1.807, 2.05) is 26.0 Å². The van der Waals surface area contributed by atoms with Gasteiger partial charge in [-0.25, -0.2) is 4.98 Å². The molecule has 0 aliphatic carbocycles. The average Bonchev–Trinajstić information content (AvgIpc) is 2.76. The Bertz CT molecular complexity index is 542. The molecule has 18 heavy (non-hydrogen) atoms. The largest absolute Gasteiger partial charge is 0.354 e. The van der Waals surface area contributed by atoms with E-state index in [1.165, 1.54) is 11.5 Å². The van der Waals surface area contributed by atoms with Crippen LogP contribution in [0.25, 0.3) is 0 Å². The van der Waals surface area contributed by atoms with Gasteiger partial charge in [0.05, 0.1) is 6.04 Å². The van der Waals surface area contributed by atoms with Gasteiger partial charge in [0, 0.05) is 28.0 Å². The van der Waals surface area contributed by atoms with Gasteiger partial charge in [-0.05, 0) is 24.6 Å². The lowest BCUT2D eigenvalue weighted by Gasteiger charge is -2.14. The number of anilines is 1. The third kappa shape index (κ3) is 3.13. The first-order chi connectivity index (χ1) is 8.60. The number of nitrogens with zero attached hydrogens (tertiary/aromatic N) is 2. The minimum Gasteiger partial charge on any atom is -0.354 e. The third-order valence-corrected chi connectivity index (χ3v) is 3.80. The van der Waals surface area contributed by atoms with Gasteiger partial charge in [0.1, 0.15) is 5.82 Å². The Morgan fingerprint density at radius 3 is 2.78 bits per heavy atom. The zero-order chi connectivity index (χ0) is 13.1. The molecule has 1 heterocycles. The predicted octanol–water partition coefficient (Wildman–Crippen LogP) is 4.58. The molecule has 1 unspecified atom stereocenters. The van der Waals surface area contributed by atoms with E-state index in [2.05, 4.69) is 14.7 Å². The van der Waals surface area contributed by atoms with Gasteiger partial charge in [-0.15, -0.1) is 0 Å². The normalized spacial score (nSPS) is 12.4. The summed E-state index contributed by atoms with van der Waals surface area (Å²) in [5.74, 6) is 0.858. The fourth-order valence-corrected chi connectivity index (χ4v) is 2.88. The quantitative estimate of drug-likeness (QED) is 0.898. The molecule has 1 atom stereocenters. The van der Waals surface area contributed by atoms with Crippen LogP contribution in [0.5, 0.6) is 0 Å². The first-order valence-electron chi connectivity index (χ1n) is 5.64. The standard InChI is InChI=1S/C12H13Cl2N3S/c1-3-11-16-12(18-17-11)15-7(2)9-5-4-8(13)6-10(9)14/h4-7H,3H2,1-2H3,(H,15,16,17). The summed E-state index contributed by atoms with van der Waals surface area (Å²) in [6.07, 6.45) is 0.842. The second kappa shape index (κ2) is 5.87. The van der Waals surface area contributed by atoms with Crippen molar-refractivity contribution in [3.05, 3.63) is 39.6 Å². The molecule has 1 aromatic carbocycles. The van der Waals surface area contributed by atoms with Crippen LogP contribution in [-0.2, 0) is 6.42 Å². The Labute approximate surface area is 120 Å². The van der Waals surface area contributed by atoms with Gasteiger partial charge in [-0.3, -0.25) is 0 Å². The van der Waals surface area contributed by atoms with Crippen molar-refractivity contribution in [2.45, 2.75) is 26.3 Å². The molecule has 6 heteroatoms. The molecule has 0 saturated carbocycles. The van der Waals surface area contributed by atoms with Gasteiger partial charge in [0.25, 0.3) is 0 Å². The summed E-state index contributed by atoms with van der Waals surface area (Å²) in [4.78, 5) is 4.37. The molecule has 1 aromatic heterocycles. The average molecular weight is 302 g/mol. The highest BCUT2D eigenvalue weighted by atomic mass is 35.5. The van der Waals surface area contributed by atoms with E-state index in [-0.39, 0.29) is 6.04 Å². The van der Waals surface area contributed by atoms with E-state index < -0.39 is 0 Å². The Morgan fingerprint density at radius 1 is 1.39 bits per heavy atom. The Balaban J connectivity index is 2.13. The highest BCUT2D eigenvalue weighted by Crippen LogP contribution is 2.28. The molecular formula is C12H13Cl2N3S. The van der Waals surface area contributed by atoms with Gasteiger partial charge < -0.3 is 5.32 Å². The number of hydrogen-bond donors (Lipinski definition) is 1. The molecule has 0 aliphatic rings. The van der Waals surface area contributed by atoms with Crippen molar-refractivity contribution in [3.8, 4) is 0 Å². The van der Waals surface area contributed by atoms with Gasteiger partial charge in [-0.1, -0.05) is 36.2 Å². The number of halogens is 2. The summed E-state index contributed by atoms with van der Waals surface area (Å²) >= 11 is 13.4. The molecule has 2 rings (SSSR count). The van der Waals surface area contributed by atoms with Crippen molar-refractivity contribution < 1.29 is 0 Å². The molecule has 3 nitrogen and oxygen atoms in total. The molecule has 0 fully saturated rings. The van der Waals surface area contributed by atoms with Gasteiger partial charge in [0.2, 0.25) is 5.13 Å². The van der Waals surface area contributed by atoms with Crippen LogP contribution >= 0.6 is 34.7 Å². The van der Waals surface area contributed by atoms with Gasteiger partial charge >= 0.3 is 0 Å². The van der Waals surface area contributed by atoms with Crippen molar-refractivity contribution in [3.63, 3.8) is 0 Å². The topological polar surface area (TPSA) is 37.8 Å². The molecule has 0 aliphatic heterocycles. The highest BCUT2D eigenvalue weighted by Gasteiger charge is 2.12. The maximum Gasteiger partial charge on any atom is 0.203 e. The van der Waals surface area contributed by atoms with E-state index >= 15 is 0 Å². The van der Waals surface area contributed by atoms with E-state index in [1.54, 1.807) is 6.07 Å². The first kappa shape index (κ1) is 13.6. The van der Waals surface area contributed by atoms with Crippen molar-refractivity contribution >= 4 is 39.9 Å². The lowest BCUT2D eigenvalue weighted by molar-refractivity contribution is 0.876. The van der Waals surface area contributed by atoms with Crippen molar-refractivity contribution in [2.75, 3.05) is 5.32 Å². The Kier molecular flexibility index (Phi) is 4.43. The second-order valence-corrected chi connectivity index (χ2v) is 5.50. The SMILES string of the molecule is CCc1nsc(NC(C)c2ccc(Cl)cc2Cl)n1. The van der Waals surface area contributed by atoms with E-state index in [0.29, 0.717) is 10.0 Å². The Morgan fingerprint density at radius 2 is 2.17 bits per heavy atom. The zero-order valence-corrected chi connectivity index (χ0v) is 12.4. The first-order valence-corrected chi connectivity index (χ1v) is 7.17. The maximum atomic E-state index is 6.17. The number of nitrogens with one attached hydrogen (secondary N) is 1. The molecule has 0 saturated heterocycles. The molecule has 1 N–H and O–H groups in total. The van der Waals surface area contributed by atoms with Crippen LogP contribution in [0.3, 0.4) is 0 Å². The minimum atomic E-state index is 0.0624. The predicted molar refractivity (Wildman–Crippen MR) is 77.8 cm³/mol. The number of benzene rings is 1. The highest BCUT2D eigenvalue weighted by molar-refractivity contribution is 7.09. The number of rotatable bonds is 4. The summed E-state index contributed by atoms with van der Waals surface area (Å²) in [6.45, 7) is 4.06. The molecule has 0 amide bonds. The fourth-order valence-electron chi connectivity index (χ4n) is 1.57. The molecule has 2 aromatic rings. The van der Waals surface area contributed by atoms with Crippen molar-refractivity contribution in [2.24, 2.45) is 0 Å². The molecule has 0 bridgehead atoms. The number of aryl methyl sites for hydroxylation is 1. The maximum absolute atomic E-state index is 6.17. The fraction of sp³-hybridized carbons (Fsp3) is 0.333. The van der Waals surface area contributed by atoms with Crippen LogP contribution in [0.4, 0.5) is 5.13 Å². The van der Waals surface area contributed by atoms with E-state index in [4.69, 9.17) is 23.2 Å². The van der Waals surface area contributed by atoms with Crippen molar-refractivity contribution in [1.29, 1.82) is 0 Å². The molecule has 96 valence electrons. The zero-order valence-electron chi connectivity index (χ0n) is 10.1. The summed E-state index contributed by atoms with van der Waals surface area (Å²) < 4.78 is 4.23. The van der Waals surface area contributed by atoms with E-state index in [9.17, 15) is 0 Å². The monoisotopic (exact) mass is 301 g/mol. The summed E-state index contributed by atoms with van der Waals surface area (Å²) in [7, 11) is 0. The van der Waals surface area contributed by atoms with Crippen LogP contribution in [0.1, 0.15) is 31.3 Å². The lowest BCUT2D eigenvalue weighted by Crippen LogP contribution is -2.07. The minimum absolute atomic E-state index is 0.0624. The van der Waals surface area contributed by atoms with Crippen molar-refractivity contribution in [1.82, 2.24) is 9.36 Å². The second-order valence-electron chi connectivity index (χ2n) is 3.90. The van der Waals surface area contributed by atoms with E-state index in [0.717, 1.165) is 22.9 Å². The summed E-state index contributed by atoms with van der Waals surface area (Å²) in [5, 5.41) is 5.40. The molecule has 0 radical (unpaired) electrons. The van der Waals surface area contributed by atoms with Gasteiger partial charge in [0.15, 0.2) is 0 Å². The Hall–Kier alpha value is -0.840. The van der Waals surface area contributed by atoms with Crippen LogP contribution in [-0.4, -0.2) is 9.36 Å². The van der Waals surface area contributed by atoms with Crippen LogP contribution in [0.15, 0.2) is 18.2 Å². The van der Waals surface area contributed by atoms with Gasteiger partial charge in [-0.2, -0.15) is 4.37 Å². The van der Waals surface area contributed by atoms with Crippen LogP contribution < -0.4 is 5.32 Å². The number of aromatic nitrogens is 2. The summed E-state index contributed by atoms with van der Waals surface area (Å²) in [5.41, 5.74) is 0.995. The molecular weight excluding hydrogens is 289 g/mol. The smallest absolute Gasteiger partial charge is 0.203 e. The number of hydrogen-bond acceptors (Lipinski definition) is 4. The third-order valence-electron chi connectivity index (χ3n) is 2.55.